The van der Waals surface area contributed by atoms with E-state index in [2.05, 4.69) is 12.2 Å². The van der Waals surface area contributed by atoms with E-state index < -0.39 is 10.8 Å². The van der Waals surface area contributed by atoms with E-state index in [4.69, 9.17) is 9.47 Å². The van der Waals surface area contributed by atoms with Crippen molar-refractivity contribution in [3.8, 4) is 0 Å². The van der Waals surface area contributed by atoms with Crippen LogP contribution >= 0.6 is 0 Å². The van der Waals surface area contributed by atoms with Gasteiger partial charge in [0.15, 0.2) is 0 Å². The number of rotatable bonds is 4. The lowest BCUT2D eigenvalue weighted by Gasteiger charge is -2.44. The number of hydrogen-bond donors (Lipinski definition) is 0. The second-order valence-electron chi connectivity index (χ2n) is 10.5. The Morgan fingerprint density at radius 2 is 1.16 bits per heavy atom. The highest BCUT2D eigenvalue weighted by Gasteiger charge is 2.69. The van der Waals surface area contributed by atoms with Gasteiger partial charge in [0.2, 0.25) is 0 Å². The van der Waals surface area contributed by atoms with Gasteiger partial charge in [-0.3, -0.25) is 9.59 Å². The zero-order chi connectivity index (χ0) is 19.3. The Labute approximate surface area is 152 Å². The molecular formula is C21H34O4. The van der Waals surface area contributed by atoms with Crippen LogP contribution in [0.2, 0.25) is 0 Å². The minimum absolute atomic E-state index is 0.0251. The van der Waals surface area contributed by atoms with Crippen LogP contribution in [-0.4, -0.2) is 25.2 Å². The van der Waals surface area contributed by atoms with Gasteiger partial charge in [-0.2, -0.15) is 0 Å². The van der Waals surface area contributed by atoms with Crippen LogP contribution in [0, 0.1) is 33.5 Å². The molecule has 0 aliphatic heterocycles. The normalized spacial score (nSPS) is 34.2. The molecule has 2 aliphatic rings. The summed E-state index contributed by atoms with van der Waals surface area (Å²) in [6.07, 6.45) is 4.95. The van der Waals surface area contributed by atoms with E-state index in [-0.39, 0.29) is 34.6 Å². The van der Waals surface area contributed by atoms with E-state index >= 15 is 0 Å². The molecule has 142 valence electrons. The molecule has 0 aromatic rings. The summed E-state index contributed by atoms with van der Waals surface area (Å²) >= 11 is 0. The number of carbonyl (C=O) groups is 2. The predicted molar refractivity (Wildman–Crippen MR) is 97.8 cm³/mol. The highest BCUT2D eigenvalue weighted by atomic mass is 16.5. The molecule has 0 aromatic heterocycles. The standard InChI is InChI=1S/C21H34O4/c1-18(2,3)12-24-16(22)20(7)14-9-10-15(11-14)21(20,8)17(23)25-13-19(4,5)6/h9-10,14-15H,11-13H2,1-8H3/t14-,15-,20?,21?/m1/s1. The quantitative estimate of drug-likeness (QED) is 0.557. The monoisotopic (exact) mass is 350 g/mol. The second-order valence-corrected chi connectivity index (χ2v) is 10.5. The van der Waals surface area contributed by atoms with Crippen molar-refractivity contribution in [3.63, 3.8) is 0 Å². The highest BCUT2D eigenvalue weighted by molar-refractivity contribution is 5.90. The third kappa shape index (κ3) is 3.50. The van der Waals surface area contributed by atoms with Gasteiger partial charge in [-0.15, -0.1) is 0 Å². The van der Waals surface area contributed by atoms with Crippen LogP contribution < -0.4 is 0 Å². The Kier molecular flexibility index (Phi) is 4.91. The number of hydrogen-bond acceptors (Lipinski definition) is 4. The van der Waals surface area contributed by atoms with E-state index in [1.165, 1.54) is 0 Å². The van der Waals surface area contributed by atoms with E-state index in [1.54, 1.807) is 0 Å². The first-order chi connectivity index (χ1) is 11.2. The zero-order valence-electron chi connectivity index (χ0n) is 17.1. The summed E-state index contributed by atoms with van der Waals surface area (Å²) in [4.78, 5) is 26.1. The van der Waals surface area contributed by atoms with E-state index in [9.17, 15) is 9.59 Å². The van der Waals surface area contributed by atoms with Crippen molar-refractivity contribution < 1.29 is 19.1 Å². The minimum atomic E-state index is -0.882. The maximum Gasteiger partial charge on any atom is 0.313 e. The van der Waals surface area contributed by atoms with E-state index in [1.807, 2.05) is 55.4 Å². The molecule has 1 fully saturated rings. The number of fused-ring (bicyclic) bond motifs is 2. The van der Waals surface area contributed by atoms with Crippen molar-refractivity contribution in [2.45, 2.75) is 61.8 Å². The van der Waals surface area contributed by atoms with Gasteiger partial charge < -0.3 is 9.47 Å². The first kappa shape index (κ1) is 20.0. The third-order valence-corrected chi connectivity index (χ3v) is 5.77. The van der Waals surface area contributed by atoms with Gasteiger partial charge in [-0.25, -0.2) is 0 Å². The largest absolute Gasteiger partial charge is 0.465 e. The molecule has 0 saturated heterocycles. The fraction of sp³-hybridized carbons (Fsp3) is 0.810. The van der Waals surface area contributed by atoms with Gasteiger partial charge in [0.1, 0.15) is 0 Å². The van der Waals surface area contributed by atoms with Crippen molar-refractivity contribution in [1.82, 2.24) is 0 Å². The first-order valence-electron chi connectivity index (χ1n) is 9.24. The van der Waals surface area contributed by atoms with Gasteiger partial charge in [0.25, 0.3) is 0 Å². The smallest absolute Gasteiger partial charge is 0.313 e. The molecule has 2 aliphatic carbocycles. The van der Waals surface area contributed by atoms with Gasteiger partial charge in [-0.05, 0) is 42.9 Å². The maximum absolute atomic E-state index is 13.1. The van der Waals surface area contributed by atoms with Gasteiger partial charge in [0, 0.05) is 0 Å². The molecule has 2 rings (SSSR count). The van der Waals surface area contributed by atoms with Crippen LogP contribution in [0.15, 0.2) is 12.2 Å². The Balaban J connectivity index is 2.26. The second kappa shape index (κ2) is 6.14. The molecule has 4 heteroatoms. The molecule has 0 spiro atoms. The Bertz CT molecular complexity index is 528. The summed E-state index contributed by atoms with van der Waals surface area (Å²) < 4.78 is 11.3. The molecule has 4 atom stereocenters. The van der Waals surface area contributed by atoms with Gasteiger partial charge >= 0.3 is 11.9 Å². The van der Waals surface area contributed by atoms with Crippen molar-refractivity contribution in [1.29, 1.82) is 0 Å². The summed E-state index contributed by atoms with van der Waals surface area (Å²) in [6, 6.07) is 0. The number of carbonyl (C=O) groups excluding carboxylic acids is 2. The van der Waals surface area contributed by atoms with Crippen molar-refractivity contribution >= 4 is 11.9 Å². The summed E-state index contributed by atoms with van der Waals surface area (Å²) in [5.41, 5.74) is -1.98. The molecule has 2 bridgehead atoms. The Hall–Kier alpha value is -1.32. The molecule has 0 N–H and O–H groups in total. The predicted octanol–water partition coefficient (Wildman–Crippen LogP) is 4.38. The summed E-state index contributed by atoms with van der Waals surface area (Å²) in [6.45, 7) is 16.6. The number of ether oxygens (including phenoxy) is 2. The van der Waals surface area contributed by atoms with E-state index in [0.717, 1.165) is 6.42 Å². The van der Waals surface area contributed by atoms with E-state index in [0.29, 0.717) is 13.2 Å². The van der Waals surface area contributed by atoms with Crippen LogP contribution in [0.3, 0.4) is 0 Å². The van der Waals surface area contributed by atoms with Crippen LogP contribution in [0.1, 0.15) is 61.8 Å². The first-order valence-corrected chi connectivity index (χ1v) is 9.24. The van der Waals surface area contributed by atoms with Crippen LogP contribution in [-0.2, 0) is 19.1 Å². The molecule has 1 saturated carbocycles. The minimum Gasteiger partial charge on any atom is -0.465 e. The Morgan fingerprint density at radius 1 is 0.840 bits per heavy atom. The molecule has 2 unspecified atom stereocenters. The molecule has 0 amide bonds. The molecule has 25 heavy (non-hydrogen) atoms. The lowest BCUT2D eigenvalue weighted by molar-refractivity contribution is -0.183. The average molecular weight is 350 g/mol. The van der Waals surface area contributed by atoms with Gasteiger partial charge in [0.05, 0.1) is 24.0 Å². The Morgan fingerprint density at radius 3 is 1.44 bits per heavy atom. The fourth-order valence-corrected chi connectivity index (χ4v) is 3.92. The highest BCUT2D eigenvalue weighted by Crippen LogP contribution is 2.64. The maximum atomic E-state index is 13.1. The fourth-order valence-electron chi connectivity index (χ4n) is 3.92. The lowest BCUT2D eigenvalue weighted by Crippen LogP contribution is -2.53. The SMILES string of the molecule is CC(C)(C)COC(=O)C1(C)[C@@H]2C=C[C@H](C2)C1(C)C(=O)OCC(C)(C)C. The zero-order valence-corrected chi connectivity index (χ0v) is 17.1. The topological polar surface area (TPSA) is 52.6 Å². The third-order valence-electron chi connectivity index (χ3n) is 5.77. The molecule has 0 radical (unpaired) electrons. The lowest BCUT2D eigenvalue weighted by atomic mass is 9.59. The molecule has 4 nitrogen and oxygen atoms in total. The summed E-state index contributed by atoms with van der Waals surface area (Å²) in [7, 11) is 0. The van der Waals surface area contributed by atoms with Crippen molar-refractivity contribution in [2.24, 2.45) is 33.5 Å². The molecule has 0 heterocycles. The van der Waals surface area contributed by atoms with Crippen molar-refractivity contribution in [2.75, 3.05) is 13.2 Å². The summed E-state index contributed by atoms with van der Waals surface area (Å²) in [5, 5.41) is 0. The van der Waals surface area contributed by atoms with Crippen LogP contribution in [0.5, 0.6) is 0 Å². The molecule has 0 aromatic carbocycles. The average Bonchev–Trinajstić information content (AvgIpc) is 3.03. The van der Waals surface area contributed by atoms with Gasteiger partial charge in [-0.1, -0.05) is 53.7 Å². The van der Waals surface area contributed by atoms with Crippen LogP contribution in [0.4, 0.5) is 0 Å². The number of esters is 2. The molecular weight excluding hydrogens is 316 g/mol. The van der Waals surface area contributed by atoms with Crippen LogP contribution in [0.25, 0.3) is 0 Å². The van der Waals surface area contributed by atoms with Crippen molar-refractivity contribution in [3.05, 3.63) is 12.2 Å². The number of allylic oxidation sites excluding steroid dienone is 2. The summed E-state index contributed by atoms with van der Waals surface area (Å²) in [5.74, 6) is -0.515.